The number of morpholine rings is 1. The van der Waals surface area contributed by atoms with Crippen molar-refractivity contribution in [2.45, 2.75) is 38.5 Å². The molecule has 1 saturated heterocycles. The van der Waals surface area contributed by atoms with Crippen LogP contribution in [0.5, 0.6) is 0 Å². The maximum atomic E-state index is 13.9. The minimum Gasteiger partial charge on any atom is -0.465 e. The normalized spacial score (nSPS) is 13.0. The van der Waals surface area contributed by atoms with Crippen LogP contribution in [0.15, 0.2) is 72.8 Å². The second-order valence-electron chi connectivity index (χ2n) is 12.2. The lowest BCUT2D eigenvalue weighted by atomic mass is 9.93. The lowest BCUT2D eigenvalue weighted by Crippen LogP contribution is -2.38. The van der Waals surface area contributed by atoms with Crippen LogP contribution in [0.3, 0.4) is 0 Å². The molecule has 54 heavy (non-hydrogen) atoms. The van der Waals surface area contributed by atoms with Crippen LogP contribution in [0.4, 0.5) is 11.4 Å². The van der Waals surface area contributed by atoms with Crippen molar-refractivity contribution in [3.8, 4) is 10.4 Å². The van der Waals surface area contributed by atoms with Gasteiger partial charge in [0.2, 0.25) is 0 Å². The number of carbonyl (C=O) groups is 4. The molecule has 0 bridgehead atoms. The second-order valence-corrected chi connectivity index (χ2v) is 13.3. The van der Waals surface area contributed by atoms with Gasteiger partial charge in [0, 0.05) is 47.3 Å². The predicted molar refractivity (Wildman–Crippen MR) is 221 cm³/mol. The summed E-state index contributed by atoms with van der Waals surface area (Å²) in [5.41, 5.74) is 12.4. The number of thiophene rings is 1. The average Bonchev–Trinajstić information content (AvgIpc) is 3.64. The molecule has 0 saturated carbocycles. The number of anilines is 2. The number of benzene rings is 3. The molecule has 1 aromatic heterocycles. The number of nitrogens with one attached hydrogen (secondary N) is 3. The van der Waals surface area contributed by atoms with E-state index in [0.717, 1.165) is 104 Å². The third kappa shape index (κ3) is 13.9. The molecule has 2 aliphatic rings. The van der Waals surface area contributed by atoms with E-state index in [2.05, 4.69) is 63.0 Å². The molecule has 0 atom stereocenters. The highest BCUT2D eigenvalue weighted by atomic mass is 32.1. The van der Waals surface area contributed by atoms with Crippen molar-refractivity contribution < 1.29 is 28.7 Å². The highest BCUT2D eigenvalue weighted by Crippen LogP contribution is 2.41. The standard InChI is InChI=1S/C37H41N3O4S.C2H7N.CH5N.2CH2O/c1-43-37(42)28-15-11-26(12-16-28)9-10-27-13-17-30(18-14-27)39-36(41)34-32-7-2-3-8-33(32)45-35(34)29-5-4-6-31(25-29)38-19-20-40-21-23-44-24-22-40;1-3-2;3*1-2/h4-6,11-18,25,38H,2-3,7-10,19-24H2,1H3,(H,39,41);3H,1-2H3;2H2,1H3;2*1H2. The summed E-state index contributed by atoms with van der Waals surface area (Å²) in [7, 11) is 6.64. The van der Waals surface area contributed by atoms with Gasteiger partial charge in [-0.2, -0.15) is 0 Å². The van der Waals surface area contributed by atoms with Crippen LogP contribution in [-0.4, -0.2) is 98.0 Å². The molecule has 1 aliphatic heterocycles. The maximum absolute atomic E-state index is 13.9. The summed E-state index contributed by atoms with van der Waals surface area (Å²) in [5.74, 6) is -0.358. The average molecular weight is 760 g/mol. The fourth-order valence-corrected chi connectivity index (χ4v) is 7.51. The smallest absolute Gasteiger partial charge is 0.337 e. The number of aryl methyl sites for hydroxylation is 3. The van der Waals surface area contributed by atoms with Crippen molar-refractivity contribution in [2.75, 3.05) is 78.3 Å². The maximum Gasteiger partial charge on any atom is 0.337 e. The van der Waals surface area contributed by atoms with Gasteiger partial charge in [0.05, 0.1) is 31.5 Å². The highest BCUT2D eigenvalue weighted by Gasteiger charge is 2.26. The molecule has 0 radical (unpaired) electrons. The SMILES string of the molecule is C=O.C=O.CN.CNC.COC(=O)c1ccc(CCc2ccc(NC(=O)c3c(-c4cccc(NCCN5CCOCC5)c4)sc4c3CCCC4)cc2)cc1. The van der Waals surface area contributed by atoms with Gasteiger partial charge in [-0.05, 0) is 118 Å². The fraction of sp³-hybridized carbons (Fsp3) is 0.381. The van der Waals surface area contributed by atoms with Gasteiger partial charge in [-0.15, -0.1) is 11.3 Å². The predicted octanol–water partition coefficient (Wildman–Crippen LogP) is 5.90. The van der Waals surface area contributed by atoms with E-state index in [1.807, 2.05) is 51.9 Å². The van der Waals surface area contributed by atoms with Crippen molar-refractivity contribution in [3.05, 3.63) is 105 Å². The van der Waals surface area contributed by atoms with E-state index < -0.39 is 0 Å². The first-order valence-electron chi connectivity index (χ1n) is 18.1. The molecule has 11 nitrogen and oxygen atoms in total. The molecule has 4 aromatic rings. The van der Waals surface area contributed by atoms with E-state index in [1.165, 1.54) is 36.6 Å². The molecule has 2 heterocycles. The van der Waals surface area contributed by atoms with E-state index >= 15 is 0 Å². The Kier molecular flexibility index (Phi) is 22.0. The molecule has 12 heteroatoms. The summed E-state index contributed by atoms with van der Waals surface area (Å²) < 4.78 is 10.3. The molecular formula is C42H57N5O6S. The summed E-state index contributed by atoms with van der Waals surface area (Å²) in [6.07, 6.45) is 6.01. The Morgan fingerprint density at radius 2 is 1.44 bits per heavy atom. The zero-order chi connectivity index (χ0) is 39.7. The number of carbonyl (C=O) groups excluding carboxylic acids is 4. The van der Waals surface area contributed by atoms with Gasteiger partial charge in [-0.25, -0.2) is 4.79 Å². The van der Waals surface area contributed by atoms with Crippen LogP contribution in [0, 0.1) is 0 Å². The number of methoxy groups -OCH3 is 1. The van der Waals surface area contributed by atoms with E-state index in [1.54, 1.807) is 23.5 Å². The van der Waals surface area contributed by atoms with Gasteiger partial charge in [-0.3, -0.25) is 9.69 Å². The molecule has 0 spiro atoms. The van der Waals surface area contributed by atoms with Crippen LogP contribution in [0.25, 0.3) is 10.4 Å². The third-order valence-corrected chi connectivity index (χ3v) is 10.0. The first-order chi connectivity index (χ1) is 26.5. The van der Waals surface area contributed by atoms with E-state index in [0.29, 0.717) is 5.56 Å². The Hall–Kier alpha value is -4.72. The highest BCUT2D eigenvalue weighted by molar-refractivity contribution is 7.16. The molecule has 1 fully saturated rings. The first kappa shape index (κ1) is 45.4. The minimum absolute atomic E-state index is 0.0338. The summed E-state index contributed by atoms with van der Waals surface area (Å²) in [4.78, 5) is 46.4. The van der Waals surface area contributed by atoms with E-state index in [-0.39, 0.29) is 11.9 Å². The number of esters is 1. The molecule has 0 unspecified atom stereocenters. The lowest BCUT2D eigenvalue weighted by Gasteiger charge is -2.26. The molecule has 5 N–H and O–H groups in total. The van der Waals surface area contributed by atoms with Crippen LogP contribution in [0.2, 0.25) is 0 Å². The number of nitrogens with zero attached hydrogens (tertiary/aromatic N) is 1. The number of ether oxygens (including phenoxy) is 2. The van der Waals surface area contributed by atoms with Crippen molar-refractivity contribution in [1.82, 2.24) is 10.2 Å². The van der Waals surface area contributed by atoms with Crippen LogP contribution >= 0.6 is 11.3 Å². The zero-order valence-corrected chi connectivity index (χ0v) is 33.0. The van der Waals surface area contributed by atoms with Crippen LogP contribution < -0.4 is 21.7 Å². The number of rotatable bonds is 11. The zero-order valence-electron chi connectivity index (χ0n) is 32.2. The summed E-state index contributed by atoms with van der Waals surface area (Å²) >= 11 is 1.78. The van der Waals surface area contributed by atoms with Crippen molar-refractivity contribution in [3.63, 3.8) is 0 Å². The quantitative estimate of drug-likeness (QED) is 0.136. The minimum atomic E-state index is -0.324. The van der Waals surface area contributed by atoms with Crippen molar-refractivity contribution in [1.29, 1.82) is 0 Å². The van der Waals surface area contributed by atoms with Gasteiger partial charge in [0.25, 0.3) is 5.91 Å². The number of fused-ring (bicyclic) bond motifs is 1. The number of nitrogens with two attached hydrogens (primary N) is 1. The third-order valence-electron chi connectivity index (χ3n) is 8.67. The lowest BCUT2D eigenvalue weighted by molar-refractivity contribution is -0.0987. The molecular weight excluding hydrogens is 703 g/mol. The summed E-state index contributed by atoms with van der Waals surface area (Å²) in [5, 5.41) is 9.55. The Morgan fingerprint density at radius 1 is 0.852 bits per heavy atom. The van der Waals surface area contributed by atoms with Gasteiger partial charge >= 0.3 is 5.97 Å². The first-order valence-corrected chi connectivity index (χ1v) is 18.9. The molecule has 6 rings (SSSR count). The molecule has 3 aromatic carbocycles. The summed E-state index contributed by atoms with van der Waals surface area (Å²) in [6, 6.07) is 24.2. The Labute approximate surface area is 324 Å². The van der Waals surface area contributed by atoms with Gasteiger partial charge in [-0.1, -0.05) is 36.4 Å². The Bertz CT molecular complexity index is 1670. The van der Waals surface area contributed by atoms with Gasteiger partial charge in [0.15, 0.2) is 0 Å². The number of amides is 1. The molecule has 292 valence electrons. The second kappa shape index (κ2) is 26.1. The number of hydrogen-bond donors (Lipinski definition) is 4. The van der Waals surface area contributed by atoms with E-state index in [4.69, 9.17) is 19.1 Å². The van der Waals surface area contributed by atoms with Crippen molar-refractivity contribution in [2.24, 2.45) is 5.73 Å². The van der Waals surface area contributed by atoms with E-state index in [9.17, 15) is 9.59 Å². The molecule has 1 aliphatic carbocycles. The largest absolute Gasteiger partial charge is 0.465 e. The van der Waals surface area contributed by atoms with Crippen molar-refractivity contribution >= 4 is 48.2 Å². The van der Waals surface area contributed by atoms with Gasteiger partial charge in [0.1, 0.15) is 13.6 Å². The monoisotopic (exact) mass is 759 g/mol. The summed E-state index contributed by atoms with van der Waals surface area (Å²) in [6.45, 7) is 9.44. The van der Waals surface area contributed by atoms with Crippen LogP contribution in [0.1, 0.15) is 55.1 Å². The van der Waals surface area contributed by atoms with Crippen LogP contribution in [-0.2, 0) is 44.7 Å². The molecule has 1 amide bonds. The Morgan fingerprint density at radius 3 is 2.06 bits per heavy atom. The topological polar surface area (TPSA) is 152 Å². The fourth-order valence-electron chi connectivity index (χ4n) is 6.13. The Balaban J connectivity index is 0.00000104. The number of hydrogen-bond acceptors (Lipinski definition) is 11. The van der Waals surface area contributed by atoms with Gasteiger partial charge < -0.3 is 40.7 Å².